The van der Waals surface area contributed by atoms with Gasteiger partial charge in [-0.05, 0) is 43.9 Å². The van der Waals surface area contributed by atoms with Gasteiger partial charge in [-0.3, -0.25) is 4.90 Å². The summed E-state index contributed by atoms with van der Waals surface area (Å²) < 4.78 is 5.71. The molecule has 0 spiro atoms. The maximum Gasteiger partial charge on any atom is 0.191 e. The minimum Gasteiger partial charge on any atom is -0.494 e. The fourth-order valence-electron chi connectivity index (χ4n) is 3.72. The monoisotopic (exact) mass is 424 g/mol. The lowest BCUT2D eigenvalue weighted by Crippen LogP contribution is -2.36. The maximum absolute atomic E-state index is 9.66. The molecule has 0 aromatic heterocycles. The molecule has 0 radical (unpaired) electrons. The van der Waals surface area contributed by atoms with Crippen molar-refractivity contribution in [3.8, 4) is 5.75 Å². The van der Waals surface area contributed by atoms with E-state index in [1.54, 1.807) is 0 Å². The van der Waals surface area contributed by atoms with E-state index >= 15 is 0 Å². The van der Waals surface area contributed by atoms with Gasteiger partial charge >= 0.3 is 0 Å². The van der Waals surface area contributed by atoms with Gasteiger partial charge in [0.05, 0.1) is 19.3 Å². The van der Waals surface area contributed by atoms with Gasteiger partial charge in [0.15, 0.2) is 5.96 Å². The second-order valence-corrected chi connectivity index (χ2v) is 7.91. The molecule has 2 aromatic rings. The zero-order valence-electron chi connectivity index (χ0n) is 18.8. The van der Waals surface area contributed by atoms with Crippen LogP contribution in [-0.4, -0.2) is 48.3 Å². The molecule has 0 unspecified atom stereocenters. The molecule has 31 heavy (non-hydrogen) atoms. The number of ether oxygens (including phenoxy) is 1. The number of para-hydroxylation sites is 1. The molecule has 0 bridgehead atoms. The number of rotatable bonds is 9. The largest absolute Gasteiger partial charge is 0.494 e. The van der Waals surface area contributed by atoms with Crippen molar-refractivity contribution in [3.05, 3.63) is 65.2 Å². The van der Waals surface area contributed by atoms with Crippen LogP contribution in [0.3, 0.4) is 0 Å². The lowest BCUT2D eigenvalue weighted by atomic mass is 10.1. The number of likely N-dealkylation sites (tertiary alicyclic amines) is 1. The van der Waals surface area contributed by atoms with E-state index in [9.17, 15) is 5.11 Å². The average Bonchev–Trinajstić information content (AvgIpc) is 2.79. The molecule has 0 amide bonds. The van der Waals surface area contributed by atoms with Crippen LogP contribution in [0.15, 0.2) is 53.5 Å². The van der Waals surface area contributed by atoms with Crippen molar-refractivity contribution in [1.82, 2.24) is 15.5 Å². The van der Waals surface area contributed by atoms with Crippen molar-refractivity contribution in [2.45, 2.75) is 52.4 Å². The Morgan fingerprint density at radius 3 is 2.45 bits per heavy atom. The van der Waals surface area contributed by atoms with Crippen LogP contribution in [0.1, 0.15) is 43.4 Å². The molecule has 3 rings (SSSR count). The molecule has 1 aliphatic rings. The lowest BCUT2D eigenvalue weighted by Gasteiger charge is -2.29. The smallest absolute Gasteiger partial charge is 0.191 e. The topological polar surface area (TPSA) is 69.1 Å². The van der Waals surface area contributed by atoms with Gasteiger partial charge in [-0.2, -0.15) is 0 Å². The Bertz CT molecular complexity index is 815. The number of nitrogens with one attached hydrogen (secondary N) is 2. The van der Waals surface area contributed by atoms with Crippen molar-refractivity contribution >= 4 is 5.96 Å². The molecular weight excluding hydrogens is 388 g/mol. The van der Waals surface area contributed by atoms with Crippen molar-refractivity contribution in [3.63, 3.8) is 0 Å². The van der Waals surface area contributed by atoms with Gasteiger partial charge in [0.2, 0.25) is 0 Å². The molecule has 0 aliphatic carbocycles. The Morgan fingerprint density at radius 2 is 1.74 bits per heavy atom. The number of aliphatic hydroxyl groups excluding tert-OH is 1. The molecule has 1 aliphatic heterocycles. The van der Waals surface area contributed by atoms with Gasteiger partial charge in [0, 0.05) is 38.3 Å². The molecule has 6 heteroatoms. The maximum atomic E-state index is 9.66. The normalized spacial score (nSPS) is 15.6. The minimum atomic E-state index is -0.122. The Balaban J connectivity index is 1.54. The summed E-state index contributed by atoms with van der Waals surface area (Å²) in [5, 5.41) is 16.4. The molecular formula is C25H36N4O2. The zero-order chi connectivity index (χ0) is 21.9. The van der Waals surface area contributed by atoms with E-state index in [4.69, 9.17) is 9.73 Å². The quantitative estimate of drug-likeness (QED) is 0.426. The van der Waals surface area contributed by atoms with Crippen molar-refractivity contribution < 1.29 is 9.84 Å². The Hall–Kier alpha value is -2.57. The molecule has 2 aromatic carbocycles. The Morgan fingerprint density at radius 1 is 1.03 bits per heavy atom. The predicted molar refractivity (Wildman–Crippen MR) is 126 cm³/mol. The minimum absolute atomic E-state index is 0.122. The molecule has 1 saturated heterocycles. The SMILES string of the molecule is CCNC(=NCc1ccc(CN2CCC(O)CC2)cc1)NCc1ccccc1OCC. The molecule has 168 valence electrons. The van der Waals surface area contributed by atoms with Crippen LogP contribution in [0.4, 0.5) is 0 Å². The summed E-state index contributed by atoms with van der Waals surface area (Å²) in [6.07, 6.45) is 1.63. The summed E-state index contributed by atoms with van der Waals surface area (Å²) in [6, 6.07) is 16.8. The number of piperidine rings is 1. The lowest BCUT2D eigenvalue weighted by molar-refractivity contribution is 0.0792. The van der Waals surface area contributed by atoms with Crippen LogP contribution < -0.4 is 15.4 Å². The average molecular weight is 425 g/mol. The van der Waals surface area contributed by atoms with E-state index in [-0.39, 0.29) is 6.10 Å². The number of aliphatic hydroxyl groups is 1. The number of aliphatic imine (C=N–C) groups is 1. The standard InChI is InChI=1S/C25H36N4O2/c1-3-26-25(28-18-22-7-5-6-8-24(22)31-4-2)27-17-20-9-11-21(12-10-20)19-29-15-13-23(30)14-16-29/h5-12,23,30H,3-4,13-19H2,1-2H3,(H2,26,27,28). The van der Waals surface area contributed by atoms with Gasteiger partial charge in [-0.1, -0.05) is 42.5 Å². The summed E-state index contributed by atoms with van der Waals surface area (Å²) >= 11 is 0. The van der Waals surface area contributed by atoms with Crippen LogP contribution in [0.5, 0.6) is 5.75 Å². The first-order valence-corrected chi connectivity index (χ1v) is 11.4. The van der Waals surface area contributed by atoms with E-state index in [1.165, 1.54) is 11.1 Å². The first-order valence-electron chi connectivity index (χ1n) is 11.4. The second kappa shape index (κ2) is 12.3. The van der Waals surface area contributed by atoms with Crippen molar-refractivity contribution in [2.24, 2.45) is 4.99 Å². The van der Waals surface area contributed by atoms with Gasteiger partial charge in [-0.15, -0.1) is 0 Å². The highest BCUT2D eigenvalue weighted by Gasteiger charge is 2.16. The van der Waals surface area contributed by atoms with Crippen LogP contribution in [-0.2, 0) is 19.6 Å². The second-order valence-electron chi connectivity index (χ2n) is 7.91. The van der Waals surface area contributed by atoms with Gasteiger partial charge in [0.1, 0.15) is 5.75 Å². The summed E-state index contributed by atoms with van der Waals surface area (Å²) in [5.41, 5.74) is 3.61. The van der Waals surface area contributed by atoms with Crippen LogP contribution >= 0.6 is 0 Å². The summed E-state index contributed by atoms with van der Waals surface area (Å²) in [5.74, 6) is 1.71. The number of nitrogens with zero attached hydrogens (tertiary/aromatic N) is 2. The van der Waals surface area contributed by atoms with Crippen molar-refractivity contribution in [2.75, 3.05) is 26.2 Å². The van der Waals surface area contributed by atoms with Gasteiger partial charge in [0.25, 0.3) is 0 Å². The summed E-state index contributed by atoms with van der Waals surface area (Å²) in [6.45, 7) is 9.69. The number of hydrogen-bond acceptors (Lipinski definition) is 4. The van der Waals surface area contributed by atoms with Crippen LogP contribution in [0, 0.1) is 0 Å². The first-order chi connectivity index (χ1) is 15.2. The van der Waals surface area contributed by atoms with E-state index in [0.717, 1.165) is 56.3 Å². The van der Waals surface area contributed by atoms with E-state index in [1.807, 2.05) is 25.1 Å². The fraction of sp³-hybridized carbons (Fsp3) is 0.480. The highest BCUT2D eigenvalue weighted by atomic mass is 16.5. The number of hydrogen-bond donors (Lipinski definition) is 3. The summed E-state index contributed by atoms with van der Waals surface area (Å²) in [7, 11) is 0. The van der Waals surface area contributed by atoms with Crippen LogP contribution in [0.25, 0.3) is 0 Å². The van der Waals surface area contributed by atoms with E-state index < -0.39 is 0 Å². The summed E-state index contributed by atoms with van der Waals surface area (Å²) in [4.78, 5) is 7.15. The zero-order valence-corrected chi connectivity index (χ0v) is 18.8. The number of benzene rings is 2. The van der Waals surface area contributed by atoms with Gasteiger partial charge in [-0.25, -0.2) is 4.99 Å². The highest BCUT2D eigenvalue weighted by molar-refractivity contribution is 5.79. The van der Waals surface area contributed by atoms with Crippen molar-refractivity contribution in [1.29, 1.82) is 0 Å². The molecule has 1 heterocycles. The molecule has 3 N–H and O–H groups in total. The third-order valence-corrected chi connectivity index (χ3v) is 5.47. The fourth-order valence-corrected chi connectivity index (χ4v) is 3.72. The molecule has 0 atom stereocenters. The van der Waals surface area contributed by atoms with Crippen LogP contribution in [0.2, 0.25) is 0 Å². The highest BCUT2D eigenvalue weighted by Crippen LogP contribution is 2.17. The van der Waals surface area contributed by atoms with E-state index in [0.29, 0.717) is 19.7 Å². The Kier molecular flexibility index (Phi) is 9.18. The Labute approximate surface area is 186 Å². The third kappa shape index (κ3) is 7.56. The molecule has 1 fully saturated rings. The first kappa shape index (κ1) is 23.1. The van der Waals surface area contributed by atoms with E-state index in [2.05, 4.69) is 52.8 Å². The molecule has 6 nitrogen and oxygen atoms in total. The predicted octanol–water partition coefficient (Wildman–Crippen LogP) is 3.30. The third-order valence-electron chi connectivity index (χ3n) is 5.47. The van der Waals surface area contributed by atoms with Gasteiger partial charge < -0.3 is 20.5 Å². The molecule has 0 saturated carbocycles. The number of guanidine groups is 1.